The number of aliphatic hydroxyl groups excluding tert-OH is 1. The highest BCUT2D eigenvalue weighted by molar-refractivity contribution is 5.11. The van der Waals surface area contributed by atoms with Crippen molar-refractivity contribution in [1.29, 1.82) is 0 Å². The molecule has 0 radical (unpaired) electrons. The average Bonchev–Trinajstić information content (AvgIpc) is 2.90. The Balaban J connectivity index is 1.73. The molecule has 0 aromatic carbocycles. The van der Waals surface area contributed by atoms with Crippen LogP contribution in [0.5, 0.6) is 0 Å². The Bertz CT molecular complexity index is 378. The zero-order valence-electron chi connectivity index (χ0n) is 10.4. The molecule has 17 heavy (non-hydrogen) atoms. The van der Waals surface area contributed by atoms with Crippen molar-refractivity contribution < 1.29 is 5.11 Å². The lowest BCUT2D eigenvalue weighted by molar-refractivity contribution is 0.131. The monoisotopic (exact) mass is 235 g/mol. The lowest BCUT2D eigenvalue weighted by Gasteiger charge is -2.11. The lowest BCUT2D eigenvalue weighted by Crippen LogP contribution is -2.11. The van der Waals surface area contributed by atoms with Crippen LogP contribution < -0.4 is 0 Å². The molecule has 0 aliphatic heterocycles. The smallest absolute Gasteiger partial charge is 0.101 e. The highest BCUT2D eigenvalue weighted by Crippen LogP contribution is 2.60. The van der Waals surface area contributed by atoms with Crippen LogP contribution in [0.4, 0.5) is 0 Å². The van der Waals surface area contributed by atoms with E-state index in [1.54, 1.807) is 6.20 Å². The number of hydrogen-bond acceptors (Lipinski definition) is 3. The van der Waals surface area contributed by atoms with Crippen LogP contribution in [0.2, 0.25) is 0 Å². The fourth-order valence-corrected chi connectivity index (χ4v) is 3.59. The average molecular weight is 235 g/mol. The summed E-state index contributed by atoms with van der Waals surface area (Å²) in [5, 5.41) is 18.5. The van der Waals surface area contributed by atoms with Crippen LogP contribution in [0, 0.1) is 17.8 Å². The van der Waals surface area contributed by atoms with E-state index < -0.39 is 0 Å². The van der Waals surface area contributed by atoms with Crippen molar-refractivity contribution in [2.45, 2.75) is 51.7 Å². The molecular formula is C13H21N3O. The van der Waals surface area contributed by atoms with Crippen molar-refractivity contribution >= 4 is 0 Å². The molecule has 1 N–H and O–H groups in total. The van der Waals surface area contributed by atoms with Crippen molar-refractivity contribution in [3.05, 3.63) is 11.9 Å². The summed E-state index contributed by atoms with van der Waals surface area (Å²) in [6.07, 6.45) is 7.73. The summed E-state index contributed by atoms with van der Waals surface area (Å²) < 4.78 is 1.87. The molecule has 2 aliphatic carbocycles. The number of nitrogens with zero attached hydrogens (tertiary/aromatic N) is 3. The van der Waals surface area contributed by atoms with E-state index in [-0.39, 0.29) is 6.10 Å². The maximum Gasteiger partial charge on any atom is 0.101 e. The Morgan fingerprint density at radius 1 is 1.41 bits per heavy atom. The number of aliphatic hydroxyl groups is 1. The van der Waals surface area contributed by atoms with E-state index in [2.05, 4.69) is 17.2 Å². The molecule has 94 valence electrons. The zero-order valence-corrected chi connectivity index (χ0v) is 10.4. The van der Waals surface area contributed by atoms with Gasteiger partial charge in [-0.1, -0.05) is 25.0 Å². The number of aryl methyl sites for hydroxylation is 1. The number of rotatable bonds is 4. The van der Waals surface area contributed by atoms with Gasteiger partial charge in [-0.25, -0.2) is 4.68 Å². The summed E-state index contributed by atoms with van der Waals surface area (Å²) in [5.74, 6) is 2.01. The second-order valence-corrected chi connectivity index (χ2v) is 5.52. The molecule has 4 nitrogen and oxygen atoms in total. The van der Waals surface area contributed by atoms with Gasteiger partial charge >= 0.3 is 0 Å². The second kappa shape index (κ2) is 4.41. The summed E-state index contributed by atoms with van der Waals surface area (Å²) in [6.45, 7) is 2.98. The topological polar surface area (TPSA) is 50.9 Å². The number of aromatic nitrogens is 3. The summed E-state index contributed by atoms with van der Waals surface area (Å²) in [6, 6.07) is 0. The first-order valence-electron chi connectivity index (χ1n) is 6.89. The van der Waals surface area contributed by atoms with Gasteiger partial charge in [0.2, 0.25) is 0 Å². The van der Waals surface area contributed by atoms with Crippen LogP contribution >= 0.6 is 0 Å². The molecule has 3 unspecified atom stereocenters. The number of hydrogen-bond donors (Lipinski definition) is 1. The highest BCUT2D eigenvalue weighted by Gasteiger charge is 2.54. The molecule has 4 heteroatoms. The van der Waals surface area contributed by atoms with Gasteiger partial charge in [0.25, 0.3) is 0 Å². The van der Waals surface area contributed by atoms with Gasteiger partial charge in [0.15, 0.2) is 0 Å². The lowest BCUT2D eigenvalue weighted by atomic mass is 10.0. The van der Waals surface area contributed by atoms with E-state index in [9.17, 15) is 5.11 Å². The molecule has 0 spiro atoms. The molecule has 2 aliphatic rings. The summed E-state index contributed by atoms with van der Waals surface area (Å²) in [4.78, 5) is 0. The van der Waals surface area contributed by atoms with Gasteiger partial charge in [0.1, 0.15) is 6.10 Å². The fourth-order valence-electron chi connectivity index (χ4n) is 3.59. The molecule has 3 rings (SSSR count). The molecular weight excluding hydrogens is 214 g/mol. The van der Waals surface area contributed by atoms with Crippen LogP contribution in [0.3, 0.4) is 0 Å². The van der Waals surface area contributed by atoms with Crippen LogP contribution in [-0.2, 0) is 6.54 Å². The van der Waals surface area contributed by atoms with Gasteiger partial charge in [-0.15, -0.1) is 5.10 Å². The van der Waals surface area contributed by atoms with Gasteiger partial charge in [-0.2, -0.15) is 0 Å². The van der Waals surface area contributed by atoms with Crippen molar-refractivity contribution in [2.75, 3.05) is 0 Å². The maximum absolute atomic E-state index is 10.5. The molecule has 0 bridgehead atoms. The van der Waals surface area contributed by atoms with Gasteiger partial charge in [0, 0.05) is 6.54 Å². The Labute approximate surface area is 102 Å². The predicted octanol–water partition coefficient (Wildman–Crippen LogP) is 2.16. The third-order valence-electron chi connectivity index (χ3n) is 4.47. The van der Waals surface area contributed by atoms with Crippen molar-refractivity contribution in [3.8, 4) is 0 Å². The minimum atomic E-state index is -0.343. The van der Waals surface area contributed by atoms with E-state index in [1.807, 2.05) is 4.68 Å². The summed E-state index contributed by atoms with van der Waals surface area (Å²) in [5.41, 5.74) is 0.922. The second-order valence-electron chi connectivity index (χ2n) is 5.52. The quantitative estimate of drug-likeness (QED) is 0.870. The maximum atomic E-state index is 10.5. The third-order valence-corrected chi connectivity index (χ3v) is 4.47. The van der Waals surface area contributed by atoms with Crippen LogP contribution in [0.1, 0.15) is 50.8 Å². The first-order valence-corrected chi connectivity index (χ1v) is 6.89. The predicted molar refractivity (Wildman–Crippen MR) is 64.2 cm³/mol. The van der Waals surface area contributed by atoms with Gasteiger partial charge in [0.05, 0.1) is 11.9 Å². The Kier molecular flexibility index (Phi) is 2.90. The molecule has 3 atom stereocenters. The number of fused-ring (bicyclic) bond motifs is 1. The molecule has 1 aromatic rings. The molecule has 1 heterocycles. The van der Waals surface area contributed by atoms with Crippen molar-refractivity contribution in [2.24, 2.45) is 17.8 Å². The first kappa shape index (κ1) is 11.2. The molecule has 2 saturated carbocycles. The largest absolute Gasteiger partial charge is 0.386 e. The van der Waals surface area contributed by atoms with E-state index in [0.29, 0.717) is 5.92 Å². The molecule has 1 aromatic heterocycles. The van der Waals surface area contributed by atoms with Gasteiger partial charge < -0.3 is 5.11 Å². The normalized spacial score (nSPS) is 33.2. The molecule has 2 fully saturated rings. The SMILES string of the molecule is CCCn1nncc1C(O)C1C2CCCCC21. The van der Waals surface area contributed by atoms with Crippen LogP contribution in [0.15, 0.2) is 6.20 Å². The van der Waals surface area contributed by atoms with E-state index in [0.717, 1.165) is 30.5 Å². The summed E-state index contributed by atoms with van der Waals surface area (Å²) >= 11 is 0. The Hall–Kier alpha value is -0.900. The van der Waals surface area contributed by atoms with Crippen molar-refractivity contribution in [1.82, 2.24) is 15.0 Å². The van der Waals surface area contributed by atoms with E-state index in [1.165, 1.54) is 25.7 Å². The van der Waals surface area contributed by atoms with Crippen LogP contribution in [0.25, 0.3) is 0 Å². The Morgan fingerprint density at radius 2 is 2.12 bits per heavy atom. The van der Waals surface area contributed by atoms with E-state index in [4.69, 9.17) is 0 Å². The van der Waals surface area contributed by atoms with E-state index >= 15 is 0 Å². The third kappa shape index (κ3) is 1.88. The minimum absolute atomic E-state index is 0.343. The summed E-state index contributed by atoms with van der Waals surface area (Å²) in [7, 11) is 0. The Morgan fingerprint density at radius 3 is 2.76 bits per heavy atom. The van der Waals surface area contributed by atoms with Crippen molar-refractivity contribution in [3.63, 3.8) is 0 Å². The highest BCUT2D eigenvalue weighted by atomic mass is 16.3. The fraction of sp³-hybridized carbons (Fsp3) is 0.846. The minimum Gasteiger partial charge on any atom is -0.386 e. The zero-order chi connectivity index (χ0) is 11.8. The molecule has 0 amide bonds. The standard InChI is InChI=1S/C13H21N3O/c1-2-7-16-11(8-14-15-16)13(17)12-9-5-3-4-6-10(9)12/h8-10,12-13,17H,2-7H2,1H3. The van der Waals surface area contributed by atoms with Gasteiger partial charge in [-0.3, -0.25) is 0 Å². The first-order chi connectivity index (χ1) is 8.33. The molecule has 0 saturated heterocycles. The van der Waals surface area contributed by atoms with Crippen LogP contribution in [-0.4, -0.2) is 20.1 Å². The van der Waals surface area contributed by atoms with Gasteiger partial charge in [-0.05, 0) is 37.0 Å².